The van der Waals surface area contributed by atoms with Crippen LogP contribution in [0.2, 0.25) is 0 Å². The summed E-state index contributed by atoms with van der Waals surface area (Å²) < 4.78 is 13.4. The first kappa shape index (κ1) is 11.1. The molecule has 0 radical (unpaired) electrons. The minimum absolute atomic E-state index is 0.0194. The number of aromatic amines is 1. The lowest BCUT2D eigenvalue weighted by Gasteiger charge is -2.14. The minimum Gasteiger partial charge on any atom is -0.374 e. The van der Waals surface area contributed by atoms with Crippen molar-refractivity contribution >= 4 is 5.69 Å². The molecule has 0 amide bonds. The summed E-state index contributed by atoms with van der Waals surface area (Å²) in [5.74, 6) is 0.210. The van der Waals surface area contributed by atoms with Gasteiger partial charge in [-0.15, -0.1) is 0 Å². The largest absolute Gasteiger partial charge is 0.374 e. The first-order valence-electron chi connectivity index (χ1n) is 5.17. The van der Waals surface area contributed by atoms with Crippen molar-refractivity contribution in [2.75, 3.05) is 5.32 Å². The summed E-state index contributed by atoms with van der Waals surface area (Å²) in [5.41, 5.74) is 0.488. The highest BCUT2D eigenvalue weighted by molar-refractivity contribution is 5.58. The third kappa shape index (κ3) is 2.26. The number of hydrogen-bond acceptors (Lipinski definition) is 3. The number of hydrogen-bond donors (Lipinski definition) is 2. The maximum atomic E-state index is 13.4. The number of rotatable bonds is 3. The zero-order valence-electron chi connectivity index (χ0n) is 9.24. The van der Waals surface area contributed by atoms with Crippen LogP contribution in [0.3, 0.4) is 0 Å². The van der Waals surface area contributed by atoms with Gasteiger partial charge >= 0.3 is 0 Å². The van der Waals surface area contributed by atoms with Gasteiger partial charge < -0.3 is 10.3 Å². The monoisotopic (exact) mass is 230 g/mol. The SMILES string of the molecule is CC(Nc1cccc(F)c1C#N)c1ncc[nH]1. The quantitative estimate of drug-likeness (QED) is 0.851. The molecule has 0 spiro atoms. The van der Waals surface area contributed by atoms with E-state index in [0.29, 0.717) is 5.69 Å². The molecule has 1 heterocycles. The topological polar surface area (TPSA) is 64.5 Å². The average Bonchev–Trinajstić information content (AvgIpc) is 2.82. The standard InChI is InChI=1S/C12H11FN4/c1-8(12-15-5-6-16-12)17-11-4-2-3-10(13)9(11)7-14/h2-6,8,17H,1H3,(H,15,16). The molecule has 1 aromatic carbocycles. The number of benzene rings is 1. The van der Waals surface area contributed by atoms with Gasteiger partial charge in [-0.05, 0) is 19.1 Å². The van der Waals surface area contributed by atoms with Crippen molar-refractivity contribution in [2.24, 2.45) is 0 Å². The molecule has 1 aromatic heterocycles. The molecule has 0 saturated carbocycles. The van der Waals surface area contributed by atoms with Crippen LogP contribution < -0.4 is 5.32 Å². The van der Waals surface area contributed by atoms with Gasteiger partial charge in [-0.25, -0.2) is 9.37 Å². The fourth-order valence-corrected chi connectivity index (χ4v) is 1.57. The summed E-state index contributed by atoms with van der Waals surface area (Å²) in [6, 6.07) is 6.22. The summed E-state index contributed by atoms with van der Waals surface area (Å²) in [4.78, 5) is 7.05. The van der Waals surface area contributed by atoms with E-state index in [0.717, 1.165) is 5.82 Å². The molecular formula is C12H11FN4. The third-order valence-corrected chi connectivity index (χ3v) is 2.43. The van der Waals surface area contributed by atoms with E-state index in [2.05, 4.69) is 15.3 Å². The van der Waals surface area contributed by atoms with Crippen LogP contribution in [-0.4, -0.2) is 9.97 Å². The van der Waals surface area contributed by atoms with Crippen LogP contribution in [0, 0.1) is 17.1 Å². The molecule has 1 unspecified atom stereocenters. The minimum atomic E-state index is -0.524. The van der Waals surface area contributed by atoms with Crippen LogP contribution in [0.25, 0.3) is 0 Å². The van der Waals surface area contributed by atoms with Crippen molar-refractivity contribution in [3.8, 4) is 6.07 Å². The van der Waals surface area contributed by atoms with E-state index < -0.39 is 5.82 Å². The van der Waals surface area contributed by atoms with E-state index in [-0.39, 0.29) is 11.6 Å². The Morgan fingerprint density at radius 3 is 3.00 bits per heavy atom. The van der Waals surface area contributed by atoms with Crippen molar-refractivity contribution in [1.82, 2.24) is 9.97 Å². The van der Waals surface area contributed by atoms with Gasteiger partial charge in [0.05, 0.1) is 11.7 Å². The molecule has 0 bridgehead atoms. The normalized spacial score (nSPS) is 11.8. The third-order valence-electron chi connectivity index (χ3n) is 2.43. The highest BCUT2D eigenvalue weighted by atomic mass is 19.1. The molecule has 2 N–H and O–H groups in total. The van der Waals surface area contributed by atoms with Crippen molar-refractivity contribution in [2.45, 2.75) is 13.0 Å². The lowest BCUT2D eigenvalue weighted by atomic mass is 10.1. The number of nitrogens with zero attached hydrogens (tertiary/aromatic N) is 2. The first-order valence-corrected chi connectivity index (χ1v) is 5.17. The Morgan fingerprint density at radius 1 is 1.53 bits per heavy atom. The maximum Gasteiger partial charge on any atom is 0.143 e. The Bertz CT molecular complexity index is 542. The van der Waals surface area contributed by atoms with Gasteiger partial charge in [-0.1, -0.05) is 6.07 Å². The Morgan fingerprint density at radius 2 is 2.35 bits per heavy atom. The van der Waals surface area contributed by atoms with Crippen LogP contribution >= 0.6 is 0 Å². The van der Waals surface area contributed by atoms with E-state index in [1.807, 2.05) is 13.0 Å². The Kier molecular flexibility index (Phi) is 3.06. The predicted octanol–water partition coefficient (Wildman–Crippen LogP) is 2.59. The van der Waals surface area contributed by atoms with Crippen LogP contribution in [0.5, 0.6) is 0 Å². The molecule has 5 heteroatoms. The molecule has 1 atom stereocenters. The van der Waals surface area contributed by atoms with E-state index in [9.17, 15) is 4.39 Å². The van der Waals surface area contributed by atoms with E-state index in [1.165, 1.54) is 6.07 Å². The Hall–Kier alpha value is -2.35. The summed E-state index contributed by atoms with van der Waals surface area (Å²) in [5, 5.41) is 11.9. The fraction of sp³-hybridized carbons (Fsp3) is 0.167. The lowest BCUT2D eigenvalue weighted by Crippen LogP contribution is -2.09. The van der Waals surface area contributed by atoms with Crippen LogP contribution in [0.15, 0.2) is 30.6 Å². The molecule has 2 aromatic rings. The second-order valence-corrected chi connectivity index (χ2v) is 3.61. The number of H-pyrrole nitrogens is 1. The number of nitrogens with one attached hydrogen (secondary N) is 2. The molecule has 17 heavy (non-hydrogen) atoms. The Balaban J connectivity index is 2.25. The molecule has 0 aliphatic carbocycles. The van der Waals surface area contributed by atoms with Gasteiger partial charge in [-0.3, -0.25) is 0 Å². The summed E-state index contributed by atoms with van der Waals surface area (Å²) >= 11 is 0. The lowest BCUT2D eigenvalue weighted by molar-refractivity contribution is 0.624. The summed E-state index contributed by atoms with van der Waals surface area (Å²) in [6.07, 6.45) is 3.36. The molecule has 0 aliphatic rings. The fourth-order valence-electron chi connectivity index (χ4n) is 1.57. The zero-order chi connectivity index (χ0) is 12.3. The molecule has 4 nitrogen and oxygen atoms in total. The molecule has 2 rings (SSSR count). The maximum absolute atomic E-state index is 13.4. The van der Waals surface area contributed by atoms with Crippen LogP contribution in [-0.2, 0) is 0 Å². The number of halogens is 1. The van der Waals surface area contributed by atoms with Gasteiger partial charge in [-0.2, -0.15) is 5.26 Å². The Labute approximate surface area is 98.1 Å². The van der Waals surface area contributed by atoms with Gasteiger partial charge in [0.2, 0.25) is 0 Å². The molecule has 0 saturated heterocycles. The van der Waals surface area contributed by atoms with Gasteiger partial charge in [0.15, 0.2) is 0 Å². The van der Waals surface area contributed by atoms with Crippen LogP contribution in [0.4, 0.5) is 10.1 Å². The van der Waals surface area contributed by atoms with Gasteiger partial charge in [0.1, 0.15) is 23.3 Å². The summed E-state index contributed by atoms with van der Waals surface area (Å²) in [7, 11) is 0. The van der Waals surface area contributed by atoms with E-state index in [4.69, 9.17) is 5.26 Å². The molecular weight excluding hydrogens is 219 g/mol. The molecule has 0 fully saturated rings. The number of anilines is 1. The number of imidazole rings is 1. The van der Waals surface area contributed by atoms with Crippen molar-refractivity contribution in [3.05, 3.63) is 47.8 Å². The zero-order valence-corrected chi connectivity index (χ0v) is 9.24. The molecule has 0 aliphatic heterocycles. The number of nitriles is 1. The second-order valence-electron chi connectivity index (χ2n) is 3.61. The van der Waals surface area contributed by atoms with Gasteiger partial charge in [0.25, 0.3) is 0 Å². The summed E-state index contributed by atoms with van der Waals surface area (Å²) in [6.45, 7) is 1.88. The van der Waals surface area contributed by atoms with E-state index >= 15 is 0 Å². The van der Waals surface area contributed by atoms with Crippen LogP contribution in [0.1, 0.15) is 24.4 Å². The van der Waals surface area contributed by atoms with Crippen molar-refractivity contribution in [3.63, 3.8) is 0 Å². The second kappa shape index (κ2) is 4.66. The van der Waals surface area contributed by atoms with Crippen molar-refractivity contribution in [1.29, 1.82) is 5.26 Å². The smallest absolute Gasteiger partial charge is 0.143 e. The highest BCUT2D eigenvalue weighted by Crippen LogP contribution is 2.22. The average molecular weight is 230 g/mol. The molecule has 86 valence electrons. The predicted molar refractivity (Wildman–Crippen MR) is 61.7 cm³/mol. The van der Waals surface area contributed by atoms with Crippen molar-refractivity contribution < 1.29 is 4.39 Å². The number of aromatic nitrogens is 2. The first-order chi connectivity index (χ1) is 8.22. The van der Waals surface area contributed by atoms with E-state index in [1.54, 1.807) is 24.5 Å². The van der Waals surface area contributed by atoms with Gasteiger partial charge in [0, 0.05) is 12.4 Å². The highest BCUT2D eigenvalue weighted by Gasteiger charge is 2.12.